The Hall–Kier alpha value is -1.92. The summed E-state index contributed by atoms with van der Waals surface area (Å²) < 4.78 is 0. The first-order valence-corrected chi connectivity index (χ1v) is 6.54. The first-order chi connectivity index (χ1) is 9.54. The van der Waals surface area contributed by atoms with Gasteiger partial charge >= 0.3 is 5.97 Å². The van der Waals surface area contributed by atoms with E-state index in [4.69, 9.17) is 16.6 Å². The molecule has 0 aliphatic rings. The molecule has 1 atom stereocenters. The van der Waals surface area contributed by atoms with E-state index < -0.39 is 12.0 Å². The van der Waals surface area contributed by atoms with Crippen molar-refractivity contribution < 1.29 is 14.7 Å². The third-order valence-corrected chi connectivity index (χ3v) is 2.89. The highest BCUT2D eigenvalue weighted by molar-refractivity contribution is 5.85. The lowest BCUT2D eigenvalue weighted by Gasteiger charge is -2.24. The third-order valence-electron chi connectivity index (χ3n) is 2.89. The molecule has 5 N–H and O–H groups in total. The van der Waals surface area contributed by atoms with E-state index in [9.17, 15) is 9.59 Å². The molecular formula is C14H21N3O3. The Morgan fingerprint density at radius 3 is 2.45 bits per heavy atom. The zero-order valence-electron chi connectivity index (χ0n) is 11.4. The number of benzene rings is 1. The van der Waals surface area contributed by atoms with E-state index in [2.05, 4.69) is 0 Å². The molecule has 0 aliphatic carbocycles. The van der Waals surface area contributed by atoms with E-state index in [0.717, 1.165) is 5.56 Å². The van der Waals surface area contributed by atoms with Gasteiger partial charge < -0.3 is 21.5 Å². The predicted octanol–water partition coefficient (Wildman–Crippen LogP) is 0.166. The summed E-state index contributed by atoms with van der Waals surface area (Å²) in [5.74, 6) is -1.41. The largest absolute Gasteiger partial charge is 0.480 e. The van der Waals surface area contributed by atoms with E-state index in [1.165, 1.54) is 4.90 Å². The number of rotatable bonds is 8. The fraction of sp³-hybridized carbons (Fsp3) is 0.429. The summed E-state index contributed by atoms with van der Waals surface area (Å²) in [6.45, 7) is 0.338. The fourth-order valence-corrected chi connectivity index (χ4v) is 1.87. The van der Waals surface area contributed by atoms with Gasteiger partial charge in [0, 0.05) is 6.54 Å². The molecule has 1 aromatic carbocycles. The number of carboxylic acids is 1. The van der Waals surface area contributed by atoms with Crippen molar-refractivity contribution in [2.45, 2.75) is 25.4 Å². The van der Waals surface area contributed by atoms with Crippen LogP contribution in [0.3, 0.4) is 0 Å². The Kier molecular flexibility index (Phi) is 6.69. The van der Waals surface area contributed by atoms with Gasteiger partial charge in [-0.05, 0) is 24.9 Å². The van der Waals surface area contributed by atoms with Gasteiger partial charge in [0.25, 0.3) is 0 Å². The molecule has 0 saturated carbocycles. The minimum atomic E-state index is -1.06. The van der Waals surface area contributed by atoms with E-state index in [0.29, 0.717) is 19.4 Å². The standard InChI is InChI=1S/C14H21N3O3/c15-8-4-7-12(16)14(20)17(10-13(18)19)9-11-5-2-1-3-6-11/h1-3,5-6,12H,4,7-10,15-16H2,(H,18,19)/t12-/m1/s1. The number of amides is 1. The lowest BCUT2D eigenvalue weighted by molar-refractivity contribution is -0.145. The molecule has 0 spiro atoms. The van der Waals surface area contributed by atoms with Crippen LogP contribution in [0.15, 0.2) is 30.3 Å². The highest BCUT2D eigenvalue weighted by atomic mass is 16.4. The normalized spacial score (nSPS) is 11.9. The fourth-order valence-electron chi connectivity index (χ4n) is 1.87. The summed E-state index contributed by atoms with van der Waals surface area (Å²) in [7, 11) is 0. The Balaban J connectivity index is 2.72. The van der Waals surface area contributed by atoms with Gasteiger partial charge in [-0.15, -0.1) is 0 Å². The maximum absolute atomic E-state index is 12.2. The van der Waals surface area contributed by atoms with E-state index >= 15 is 0 Å². The molecule has 1 amide bonds. The molecule has 0 aromatic heterocycles. The second-order valence-corrected chi connectivity index (χ2v) is 4.61. The lowest BCUT2D eigenvalue weighted by Crippen LogP contribution is -2.45. The van der Waals surface area contributed by atoms with Crippen molar-refractivity contribution in [3.63, 3.8) is 0 Å². The number of aliphatic carboxylic acids is 1. The molecule has 0 heterocycles. The van der Waals surface area contributed by atoms with E-state index in [1.807, 2.05) is 30.3 Å². The highest BCUT2D eigenvalue weighted by Gasteiger charge is 2.22. The van der Waals surface area contributed by atoms with Gasteiger partial charge in [-0.25, -0.2) is 0 Å². The molecule has 6 nitrogen and oxygen atoms in total. The minimum absolute atomic E-state index is 0.238. The molecular weight excluding hydrogens is 258 g/mol. The van der Waals surface area contributed by atoms with Crippen molar-refractivity contribution in [2.75, 3.05) is 13.1 Å². The van der Waals surface area contributed by atoms with Crippen LogP contribution in [0.5, 0.6) is 0 Å². The molecule has 110 valence electrons. The average Bonchev–Trinajstić information content (AvgIpc) is 2.44. The van der Waals surface area contributed by atoms with E-state index in [-0.39, 0.29) is 19.0 Å². The average molecular weight is 279 g/mol. The lowest BCUT2D eigenvalue weighted by atomic mass is 10.1. The van der Waals surface area contributed by atoms with Crippen LogP contribution >= 0.6 is 0 Å². The van der Waals surface area contributed by atoms with Crippen molar-refractivity contribution in [1.82, 2.24) is 4.90 Å². The third kappa shape index (κ3) is 5.38. The topological polar surface area (TPSA) is 110 Å². The molecule has 0 aliphatic heterocycles. The summed E-state index contributed by atoms with van der Waals surface area (Å²) >= 11 is 0. The van der Waals surface area contributed by atoms with Gasteiger partial charge in [0.2, 0.25) is 5.91 Å². The summed E-state index contributed by atoms with van der Waals surface area (Å²) in [6.07, 6.45) is 1.10. The minimum Gasteiger partial charge on any atom is -0.480 e. The van der Waals surface area contributed by atoms with Gasteiger partial charge in [0.15, 0.2) is 0 Å². The monoisotopic (exact) mass is 279 g/mol. The summed E-state index contributed by atoms with van der Waals surface area (Å²) in [4.78, 5) is 24.3. The second kappa shape index (κ2) is 8.29. The number of hydrogen-bond donors (Lipinski definition) is 3. The number of carbonyl (C=O) groups is 2. The summed E-state index contributed by atoms with van der Waals surface area (Å²) in [5, 5.41) is 8.91. The summed E-state index contributed by atoms with van der Waals surface area (Å²) in [5.41, 5.74) is 12.0. The van der Waals surface area contributed by atoms with Gasteiger partial charge in [-0.1, -0.05) is 30.3 Å². The van der Waals surface area contributed by atoms with E-state index in [1.54, 1.807) is 0 Å². The molecule has 0 fully saturated rings. The zero-order valence-corrected chi connectivity index (χ0v) is 11.4. The Morgan fingerprint density at radius 1 is 1.25 bits per heavy atom. The van der Waals surface area contributed by atoms with Gasteiger partial charge in [-0.3, -0.25) is 9.59 Å². The molecule has 0 radical (unpaired) electrons. The van der Waals surface area contributed by atoms with Crippen molar-refractivity contribution in [3.05, 3.63) is 35.9 Å². The Morgan fingerprint density at radius 2 is 1.90 bits per heavy atom. The molecule has 1 rings (SSSR count). The SMILES string of the molecule is NCCC[C@@H](N)C(=O)N(CC(=O)O)Cc1ccccc1. The second-order valence-electron chi connectivity index (χ2n) is 4.61. The zero-order chi connectivity index (χ0) is 15.0. The maximum atomic E-state index is 12.2. The number of nitrogens with zero attached hydrogens (tertiary/aromatic N) is 1. The number of nitrogens with two attached hydrogens (primary N) is 2. The van der Waals surface area contributed by atoms with Gasteiger partial charge in [-0.2, -0.15) is 0 Å². The van der Waals surface area contributed by atoms with Crippen LogP contribution in [0.1, 0.15) is 18.4 Å². The van der Waals surface area contributed by atoms with Crippen LogP contribution < -0.4 is 11.5 Å². The van der Waals surface area contributed by atoms with Crippen LogP contribution in [0.2, 0.25) is 0 Å². The molecule has 0 saturated heterocycles. The number of carboxylic acid groups (broad SMARTS) is 1. The summed E-state index contributed by atoms with van der Waals surface area (Å²) in [6, 6.07) is 8.52. The first-order valence-electron chi connectivity index (χ1n) is 6.54. The van der Waals surface area contributed by atoms with Gasteiger partial charge in [0.1, 0.15) is 6.54 Å². The Labute approximate surface area is 118 Å². The molecule has 0 bridgehead atoms. The van der Waals surface area contributed by atoms with Crippen LogP contribution in [0.4, 0.5) is 0 Å². The number of carbonyl (C=O) groups excluding carboxylic acids is 1. The van der Waals surface area contributed by atoms with Crippen LogP contribution in [-0.2, 0) is 16.1 Å². The first kappa shape index (κ1) is 16.1. The van der Waals surface area contributed by atoms with Crippen molar-refractivity contribution in [1.29, 1.82) is 0 Å². The Bertz CT molecular complexity index is 437. The molecule has 6 heteroatoms. The quantitative estimate of drug-likeness (QED) is 0.628. The van der Waals surface area contributed by atoms with Crippen LogP contribution in [0, 0.1) is 0 Å². The van der Waals surface area contributed by atoms with Crippen molar-refractivity contribution in [3.8, 4) is 0 Å². The maximum Gasteiger partial charge on any atom is 0.323 e. The van der Waals surface area contributed by atoms with Crippen LogP contribution in [-0.4, -0.2) is 41.0 Å². The van der Waals surface area contributed by atoms with Gasteiger partial charge in [0.05, 0.1) is 6.04 Å². The molecule has 1 aromatic rings. The molecule has 20 heavy (non-hydrogen) atoms. The van der Waals surface area contributed by atoms with Crippen molar-refractivity contribution >= 4 is 11.9 Å². The number of hydrogen-bond acceptors (Lipinski definition) is 4. The smallest absolute Gasteiger partial charge is 0.323 e. The van der Waals surface area contributed by atoms with Crippen LogP contribution in [0.25, 0.3) is 0 Å². The van der Waals surface area contributed by atoms with Crippen molar-refractivity contribution in [2.24, 2.45) is 11.5 Å². The molecule has 0 unspecified atom stereocenters. The highest BCUT2D eigenvalue weighted by Crippen LogP contribution is 2.07. The predicted molar refractivity (Wildman–Crippen MR) is 75.8 cm³/mol.